The van der Waals surface area contributed by atoms with Gasteiger partial charge in [-0.15, -0.1) is 11.6 Å². The fraction of sp³-hybridized carbons (Fsp3) is 0.706. The van der Waals surface area contributed by atoms with Gasteiger partial charge < -0.3 is 19.7 Å². The summed E-state index contributed by atoms with van der Waals surface area (Å²) in [6, 6.07) is 0. The summed E-state index contributed by atoms with van der Waals surface area (Å²) in [5.41, 5.74) is 2.09. The lowest BCUT2D eigenvalue weighted by Gasteiger charge is -2.47. The van der Waals surface area contributed by atoms with Crippen molar-refractivity contribution in [3.63, 3.8) is 0 Å². The van der Waals surface area contributed by atoms with Crippen LogP contribution in [0, 0.1) is 11.8 Å². The summed E-state index contributed by atoms with van der Waals surface area (Å²) in [5, 5.41) is 21.7. The second-order valence-electron chi connectivity index (χ2n) is 6.60. The number of hydrazone groups is 1. The van der Waals surface area contributed by atoms with Gasteiger partial charge in [0.1, 0.15) is 5.50 Å². The first-order valence-electron chi connectivity index (χ1n) is 8.59. The van der Waals surface area contributed by atoms with Crippen molar-refractivity contribution in [3.8, 4) is 0 Å². The molecule has 1 aliphatic heterocycles. The highest BCUT2D eigenvalue weighted by Crippen LogP contribution is 2.45. The number of nitrogens with zero attached hydrogens (tertiary/aromatic N) is 1. The molecule has 3 N–H and O–H groups in total. The predicted molar refractivity (Wildman–Crippen MR) is 98.9 cm³/mol. The van der Waals surface area contributed by atoms with Crippen LogP contribution in [0.2, 0.25) is 0 Å². The van der Waals surface area contributed by atoms with Crippen molar-refractivity contribution < 1.29 is 28.5 Å². The van der Waals surface area contributed by atoms with E-state index in [-0.39, 0.29) is 26.1 Å². The largest absolute Gasteiger partial charge is 0.364 e. The fourth-order valence-electron chi connectivity index (χ4n) is 3.17. The molecule has 0 spiro atoms. The summed E-state index contributed by atoms with van der Waals surface area (Å²) in [4.78, 5) is -0.949. The van der Waals surface area contributed by atoms with Crippen molar-refractivity contribution in [1.29, 1.82) is 0 Å². The molecule has 0 aromatic rings. The molecule has 10 heteroatoms. The number of nitrogens with one attached hydrogen (secondary N) is 1. The van der Waals surface area contributed by atoms with Crippen molar-refractivity contribution in [1.82, 2.24) is 5.43 Å². The molecule has 0 saturated heterocycles. The second-order valence-corrected chi connectivity index (χ2v) is 7.89. The minimum atomic E-state index is -2.04. The molecule has 6 unspecified atom stereocenters. The smallest absolute Gasteiger partial charge is 0.198 e. The zero-order chi connectivity index (χ0) is 20.1. The molecule has 6 atom stereocenters. The number of aliphatic hydroxyl groups is 2. The minimum absolute atomic E-state index is 0.162. The van der Waals surface area contributed by atoms with Crippen LogP contribution in [-0.2, 0) is 9.47 Å². The molecule has 0 saturated carbocycles. The van der Waals surface area contributed by atoms with Crippen LogP contribution in [0.15, 0.2) is 29.4 Å². The highest BCUT2D eigenvalue weighted by atomic mass is 35.5. The van der Waals surface area contributed by atoms with E-state index in [1.165, 1.54) is 6.21 Å². The summed E-state index contributed by atoms with van der Waals surface area (Å²) < 4.78 is 37.3. The molecular formula is C17H24Cl2F2N2O4. The molecule has 2 rings (SSSR count). The summed E-state index contributed by atoms with van der Waals surface area (Å²) in [7, 11) is 0. The number of alkyl halides is 4. The van der Waals surface area contributed by atoms with Crippen molar-refractivity contribution in [3.05, 3.63) is 24.3 Å². The van der Waals surface area contributed by atoms with Gasteiger partial charge in [-0.2, -0.15) is 5.10 Å². The van der Waals surface area contributed by atoms with Crippen molar-refractivity contribution >= 4 is 29.4 Å². The Balaban J connectivity index is 2.30. The van der Waals surface area contributed by atoms with Crippen LogP contribution in [0.25, 0.3) is 0 Å². The van der Waals surface area contributed by atoms with Gasteiger partial charge in [-0.25, -0.2) is 8.78 Å². The fourth-order valence-corrected chi connectivity index (χ4v) is 4.02. The first kappa shape index (κ1) is 22.5. The molecule has 1 aliphatic carbocycles. The molecule has 0 aromatic carbocycles. The van der Waals surface area contributed by atoms with Gasteiger partial charge in [0.05, 0.1) is 18.1 Å². The zero-order valence-electron chi connectivity index (χ0n) is 14.8. The van der Waals surface area contributed by atoms with Gasteiger partial charge in [-0.3, -0.25) is 5.43 Å². The third kappa shape index (κ3) is 5.85. The van der Waals surface area contributed by atoms with Crippen LogP contribution in [0.4, 0.5) is 8.78 Å². The number of hydrogen-bond acceptors (Lipinski definition) is 6. The summed E-state index contributed by atoms with van der Waals surface area (Å²) in [6.07, 6.45) is 3.74. The Kier molecular flexibility index (Phi) is 8.03. The van der Waals surface area contributed by atoms with Crippen molar-refractivity contribution in [2.24, 2.45) is 16.9 Å². The molecule has 2 aliphatic rings. The van der Waals surface area contributed by atoms with Crippen molar-refractivity contribution in [2.45, 2.75) is 48.6 Å². The standard InChI is InChI=1S/C17H24Cl2F2N2O4/c1-16(19)10-22-23-15(18)14(16)11-4-2-3-7-17(11,26-8-5-12(20)24)27-9-6-13(21)25/h2-4,7,10-15,23-25H,5-6,8-9H2,1H3. The molecular weight excluding hydrogens is 405 g/mol. The highest BCUT2D eigenvalue weighted by Gasteiger charge is 2.52. The van der Waals surface area contributed by atoms with Crippen LogP contribution in [0.5, 0.6) is 0 Å². The average Bonchev–Trinajstić information content (AvgIpc) is 2.55. The van der Waals surface area contributed by atoms with Gasteiger partial charge in [0.15, 0.2) is 18.5 Å². The Morgan fingerprint density at radius 3 is 2.30 bits per heavy atom. The number of ether oxygens (including phenoxy) is 2. The second kappa shape index (κ2) is 9.62. The Morgan fingerprint density at radius 1 is 1.19 bits per heavy atom. The Morgan fingerprint density at radius 2 is 1.78 bits per heavy atom. The molecule has 1 heterocycles. The van der Waals surface area contributed by atoms with E-state index in [1.807, 2.05) is 0 Å². The maximum Gasteiger partial charge on any atom is 0.198 e. The number of rotatable bonds is 9. The molecule has 0 radical (unpaired) electrons. The van der Waals surface area contributed by atoms with Gasteiger partial charge in [0.2, 0.25) is 0 Å². The third-order valence-corrected chi connectivity index (χ3v) is 5.18. The number of allylic oxidation sites excluding steroid dienone is 2. The van der Waals surface area contributed by atoms with Crippen molar-refractivity contribution in [2.75, 3.05) is 13.2 Å². The van der Waals surface area contributed by atoms with Gasteiger partial charge in [0, 0.05) is 30.9 Å². The van der Waals surface area contributed by atoms with E-state index in [9.17, 15) is 8.78 Å². The first-order chi connectivity index (χ1) is 12.7. The van der Waals surface area contributed by atoms with Crippen LogP contribution in [0.1, 0.15) is 19.8 Å². The Bertz CT molecular complexity index is 559. The van der Waals surface area contributed by atoms with Crippen LogP contribution < -0.4 is 5.43 Å². The van der Waals surface area contributed by atoms with E-state index in [0.29, 0.717) is 0 Å². The maximum absolute atomic E-state index is 12.8. The van der Waals surface area contributed by atoms with Gasteiger partial charge in [-0.05, 0) is 13.0 Å². The van der Waals surface area contributed by atoms with E-state index in [1.54, 1.807) is 31.2 Å². The van der Waals surface area contributed by atoms with E-state index in [0.717, 1.165) is 0 Å². The van der Waals surface area contributed by atoms with Gasteiger partial charge in [-0.1, -0.05) is 29.8 Å². The Hall–Kier alpha value is -0.770. The number of halogens is 4. The lowest BCUT2D eigenvalue weighted by Crippen LogP contribution is -2.57. The zero-order valence-corrected chi connectivity index (χ0v) is 16.3. The van der Waals surface area contributed by atoms with E-state index in [2.05, 4.69) is 10.5 Å². The summed E-state index contributed by atoms with van der Waals surface area (Å²) >= 11 is 13.0. The topological polar surface area (TPSA) is 83.3 Å². The van der Waals surface area contributed by atoms with Gasteiger partial charge in [0.25, 0.3) is 0 Å². The van der Waals surface area contributed by atoms with E-state index in [4.69, 9.17) is 42.9 Å². The predicted octanol–water partition coefficient (Wildman–Crippen LogP) is 2.58. The average molecular weight is 429 g/mol. The molecule has 0 bridgehead atoms. The summed E-state index contributed by atoms with van der Waals surface area (Å²) in [6.45, 7) is 1.42. The number of aliphatic hydroxyl groups excluding tert-OH is 2. The monoisotopic (exact) mass is 428 g/mol. The maximum atomic E-state index is 12.8. The summed E-state index contributed by atoms with van der Waals surface area (Å²) in [5.74, 6) is -2.44. The molecule has 6 nitrogen and oxygen atoms in total. The van der Waals surface area contributed by atoms with E-state index < -0.39 is 40.7 Å². The quantitative estimate of drug-likeness (QED) is 0.298. The number of hydrogen-bond donors (Lipinski definition) is 3. The highest BCUT2D eigenvalue weighted by molar-refractivity contribution is 6.33. The third-order valence-electron chi connectivity index (χ3n) is 4.46. The van der Waals surface area contributed by atoms with Crippen LogP contribution in [-0.4, -0.2) is 58.5 Å². The lowest BCUT2D eigenvalue weighted by atomic mass is 9.75. The molecule has 0 amide bonds. The normalized spacial score (nSPS) is 37.8. The minimum Gasteiger partial charge on any atom is -0.364 e. The Labute approximate surface area is 166 Å². The van der Waals surface area contributed by atoms with Crippen LogP contribution >= 0.6 is 23.2 Å². The van der Waals surface area contributed by atoms with Gasteiger partial charge >= 0.3 is 0 Å². The molecule has 27 heavy (non-hydrogen) atoms. The molecule has 0 aromatic heterocycles. The van der Waals surface area contributed by atoms with Crippen LogP contribution in [0.3, 0.4) is 0 Å². The SMILES string of the molecule is CC1(Cl)C=NNC(Cl)C1C1C=CC=CC1(OCCC(O)F)OCCC(O)F. The van der Waals surface area contributed by atoms with E-state index >= 15 is 0 Å². The molecule has 154 valence electrons. The first-order valence-corrected chi connectivity index (χ1v) is 9.40. The molecule has 0 fully saturated rings. The lowest BCUT2D eigenvalue weighted by molar-refractivity contribution is -0.243.